The van der Waals surface area contributed by atoms with Crippen molar-refractivity contribution in [3.63, 3.8) is 0 Å². The fourth-order valence-corrected chi connectivity index (χ4v) is 2.61. The van der Waals surface area contributed by atoms with E-state index in [-0.39, 0.29) is 5.78 Å². The number of Topliss-reactive ketones (excluding diaryl/α,β-unsaturated/α-hetero) is 1. The Balaban J connectivity index is 2.04. The molecule has 2 aromatic carbocycles. The molecule has 0 radical (unpaired) electrons. The molecule has 2 nitrogen and oxygen atoms in total. The largest absolute Gasteiger partial charge is 0.477 e. The Morgan fingerprint density at radius 2 is 1.63 bits per heavy atom. The number of fused-ring (bicyclic) bond motifs is 1. The number of aryl methyl sites for hydroxylation is 3. The summed E-state index contributed by atoms with van der Waals surface area (Å²) in [7, 11) is 0. The summed E-state index contributed by atoms with van der Waals surface area (Å²) in [6.07, 6.45) is -0.490. The van der Waals surface area contributed by atoms with Crippen molar-refractivity contribution in [2.75, 3.05) is 0 Å². The number of hydrogen-bond donors (Lipinski definition) is 0. The second-order valence-corrected chi connectivity index (χ2v) is 5.23. The zero-order chi connectivity index (χ0) is 13.6. The van der Waals surface area contributed by atoms with Crippen LogP contribution in [0.15, 0.2) is 36.4 Å². The molecule has 2 heteroatoms. The lowest BCUT2D eigenvalue weighted by Crippen LogP contribution is -2.11. The van der Waals surface area contributed by atoms with Crippen LogP contribution in [0.5, 0.6) is 5.75 Å². The van der Waals surface area contributed by atoms with E-state index in [1.165, 1.54) is 5.56 Å². The van der Waals surface area contributed by atoms with Crippen molar-refractivity contribution in [3.05, 3.63) is 64.2 Å². The summed E-state index contributed by atoms with van der Waals surface area (Å²) in [6.45, 7) is 6.01. The molecule has 1 aliphatic rings. The van der Waals surface area contributed by atoms with Crippen LogP contribution in [0, 0.1) is 20.8 Å². The van der Waals surface area contributed by atoms with Gasteiger partial charge in [0.2, 0.25) is 5.78 Å². The number of carbonyl (C=O) groups excluding carboxylic acids is 1. The van der Waals surface area contributed by atoms with Crippen LogP contribution in [0.3, 0.4) is 0 Å². The Labute approximate surface area is 113 Å². The minimum absolute atomic E-state index is 0.0661. The van der Waals surface area contributed by atoms with Gasteiger partial charge >= 0.3 is 0 Å². The van der Waals surface area contributed by atoms with Crippen LogP contribution in [-0.2, 0) is 0 Å². The highest BCUT2D eigenvalue weighted by Crippen LogP contribution is 2.39. The molecule has 19 heavy (non-hydrogen) atoms. The van der Waals surface area contributed by atoms with Crippen LogP contribution in [0.4, 0.5) is 0 Å². The van der Waals surface area contributed by atoms with E-state index in [2.05, 4.69) is 0 Å². The fourth-order valence-electron chi connectivity index (χ4n) is 2.61. The highest BCUT2D eigenvalue weighted by molar-refractivity contribution is 6.06. The molecule has 3 rings (SSSR count). The maximum Gasteiger partial charge on any atom is 0.211 e. The minimum Gasteiger partial charge on any atom is -0.477 e. The maximum absolute atomic E-state index is 12.5. The van der Waals surface area contributed by atoms with Gasteiger partial charge in [-0.25, -0.2) is 0 Å². The van der Waals surface area contributed by atoms with Gasteiger partial charge in [0.25, 0.3) is 0 Å². The SMILES string of the molecule is Cc1ccc(C2Oc3cc(C)cc(C)c3C2=O)cc1. The lowest BCUT2D eigenvalue weighted by Gasteiger charge is -2.09. The molecule has 1 atom stereocenters. The summed E-state index contributed by atoms with van der Waals surface area (Å²) >= 11 is 0. The zero-order valence-electron chi connectivity index (χ0n) is 11.4. The number of ether oxygens (including phenoxy) is 1. The van der Waals surface area contributed by atoms with Gasteiger partial charge in [-0.15, -0.1) is 0 Å². The number of benzene rings is 2. The van der Waals surface area contributed by atoms with Crippen molar-refractivity contribution in [1.82, 2.24) is 0 Å². The predicted molar refractivity (Wildman–Crippen MR) is 74.8 cm³/mol. The molecule has 0 N–H and O–H groups in total. The highest BCUT2D eigenvalue weighted by Gasteiger charge is 2.34. The lowest BCUT2D eigenvalue weighted by atomic mass is 9.97. The first-order chi connectivity index (χ1) is 9.06. The van der Waals surface area contributed by atoms with Crippen molar-refractivity contribution < 1.29 is 9.53 Å². The zero-order valence-corrected chi connectivity index (χ0v) is 11.4. The van der Waals surface area contributed by atoms with Gasteiger partial charge in [-0.05, 0) is 38.0 Å². The first kappa shape index (κ1) is 12.0. The fraction of sp³-hybridized carbons (Fsp3) is 0.235. The average Bonchev–Trinajstić information content (AvgIpc) is 2.67. The van der Waals surface area contributed by atoms with E-state index < -0.39 is 6.10 Å². The third-order valence-corrected chi connectivity index (χ3v) is 3.55. The van der Waals surface area contributed by atoms with Crippen LogP contribution in [-0.4, -0.2) is 5.78 Å². The van der Waals surface area contributed by atoms with Crippen molar-refractivity contribution in [1.29, 1.82) is 0 Å². The van der Waals surface area contributed by atoms with E-state index in [0.29, 0.717) is 5.75 Å². The smallest absolute Gasteiger partial charge is 0.211 e. The molecule has 0 saturated carbocycles. The first-order valence-electron chi connectivity index (χ1n) is 6.45. The third-order valence-electron chi connectivity index (χ3n) is 3.55. The first-order valence-corrected chi connectivity index (χ1v) is 6.45. The van der Waals surface area contributed by atoms with Gasteiger partial charge in [-0.1, -0.05) is 35.9 Å². The van der Waals surface area contributed by atoms with Gasteiger partial charge in [0.1, 0.15) is 5.75 Å². The average molecular weight is 252 g/mol. The minimum atomic E-state index is -0.490. The summed E-state index contributed by atoms with van der Waals surface area (Å²) < 4.78 is 5.86. The summed E-state index contributed by atoms with van der Waals surface area (Å²) in [5.41, 5.74) is 4.95. The molecule has 0 amide bonds. The summed E-state index contributed by atoms with van der Waals surface area (Å²) in [5.74, 6) is 0.782. The quantitative estimate of drug-likeness (QED) is 0.768. The van der Waals surface area contributed by atoms with Crippen LogP contribution in [0.25, 0.3) is 0 Å². The van der Waals surface area contributed by atoms with E-state index >= 15 is 0 Å². The second kappa shape index (κ2) is 4.23. The van der Waals surface area contributed by atoms with Gasteiger partial charge in [0.05, 0.1) is 5.56 Å². The van der Waals surface area contributed by atoms with Gasteiger partial charge in [0.15, 0.2) is 6.10 Å². The van der Waals surface area contributed by atoms with E-state index in [4.69, 9.17) is 4.74 Å². The molecule has 0 aromatic heterocycles. The molecular formula is C17H16O2. The standard InChI is InChI=1S/C17H16O2/c1-10-4-6-13(7-5-10)17-16(18)15-12(3)8-11(2)9-14(15)19-17/h4-9,17H,1-3H3. The molecule has 0 aliphatic carbocycles. The molecule has 0 fully saturated rings. The van der Waals surface area contributed by atoms with Gasteiger partial charge in [-0.3, -0.25) is 4.79 Å². The lowest BCUT2D eigenvalue weighted by molar-refractivity contribution is 0.0858. The van der Waals surface area contributed by atoms with E-state index in [0.717, 1.165) is 22.3 Å². The van der Waals surface area contributed by atoms with Crippen LogP contribution in [0.2, 0.25) is 0 Å². The topological polar surface area (TPSA) is 26.3 Å². The number of ketones is 1. The third kappa shape index (κ3) is 1.93. The molecule has 1 unspecified atom stereocenters. The van der Waals surface area contributed by atoms with Crippen LogP contribution < -0.4 is 4.74 Å². The van der Waals surface area contributed by atoms with E-state index in [1.807, 2.05) is 57.2 Å². The molecule has 0 bridgehead atoms. The summed E-state index contributed by atoms with van der Waals surface area (Å²) in [6, 6.07) is 11.9. The molecule has 2 aromatic rings. The highest BCUT2D eigenvalue weighted by atomic mass is 16.5. The molecule has 1 heterocycles. The van der Waals surface area contributed by atoms with Crippen molar-refractivity contribution in [2.45, 2.75) is 26.9 Å². The Bertz CT molecular complexity index is 654. The second-order valence-electron chi connectivity index (χ2n) is 5.23. The summed E-state index contributed by atoms with van der Waals surface area (Å²) in [5, 5.41) is 0. The van der Waals surface area contributed by atoms with Gasteiger partial charge in [0, 0.05) is 5.56 Å². The van der Waals surface area contributed by atoms with Crippen molar-refractivity contribution in [2.24, 2.45) is 0 Å². The normalized spacial score (nSPS) is 17.2. The molecule has 96 valence electrons. The number of hydrogen-bond acceptors (Lipinski definition) is 2. The Hall–Kier alpha value is -2.09. The monoisotopic (exact) mass is 252 g/mol. The van der Waals surface area contributed by atoms with Crippen LogP contribution >= 0.6 is 0 Å². The van der Waals surface area contributed by atoms with Crippen LogP contribution in [0.1, 0.15) is 38.7 Å². The predicted octanol–water partition coefficient (Wildman–Crippen LogP) is 3.93. The molecular weight excluding hydrogens is 236 g/mol. The maximum atomic E-state index is 12.5. The summed E-state index contributed by atoms with van der Waals surface area (Å²) in [4.78, 5) is 12.5. The molecule has 0 saturated heterocycles. The Morgan fingerprint density at radius 1 is 0.947 bits per heavy atom. The van der Waals surface area contributed by atoms with Crippen molar-refractivity contribution in [3.8, 4) is 5.75 Å². The van der Waals surface area contributed by atoms with E-state index in [9.17, 15) is 4.79 Å². The van der Waals surface area contributed by atoms with Crippen molar-refractivity contribution >= 4 is 5.78 Å². The Morgan fingerprint density at radius 3 is 2.32 bits per heavy atom. The molecule has 1 aliphatic heterocycles. The van der Waals surface area contributed by atoms with Gasteiger partial charge < -0.3 is 4.74 Å². The Kier molecular flexibility index (Phi) is 2.67. The number of carbonyl (C=O) groups is 1. The van der Waals surface area contributed by atoms with Gasteiger partial charge in [-0.2, -0.15) is 0 Å². The molecule has 0 spiro atoms. The van der Waals surface area contributed by atoms with E-state index in [1.54, 1.807) is 0 Å². The number of rotatable bonds is 1.